The highest BCUT2D eigenvalue weighted by atomic mass is 16.5. The van der Waals surface area contributed by atoms with Gasteiger partial charge < -0.3 is 15.0 Å². The summed E-state index contributed by atoms with van der Waals surface area (Å²) < 4.78 is 7.47. The van der Waals surface area contributed by atoms with Gasteiger partial charge in [0.25, 0.3) is 5.91 Å². The molecule has 0 radical (unpaired) electrons. The molecule has 1 fully saturated rings. The number of aromatic nitrogens is 3. The largest absolute Gasteiger partial charge is 0.373 e. The summed E-state index contributed by atoms with van der Waals surface area (Å²) in [6.45, 7) is 7.59. The first kappa shape index (κ1) is 19.0. The number of nitrogens with one attached hydrogen (secondary N) is 1. The zero-order valence-corrected chi connectivity index (χ0v) is 15.9. The standard InChI is InChI=1S/C19H25N5O3/c1-13(2)24-18(21-12-22-24)15-4-6-16(7-5-15)19(26)20-10-17-11-23(14(3)25)8-9-27-17/h4-7,12-13,17H,8-11H2,1-3H3,(H,20,26). The lowest BCUT2D eigenvalue weighted by Gasteiger charge is -2.32. The maximum atomic E-state index is 12.4. The van der Waals surface area contributed by atoms with Crippen molar-refractivity contribution < 1.29 is 14.3 Å². The van der Waals surface area contributed by atoms with Crippen molar-refractivity contribution in [2.24, 2.45) is 0 Å². The van der Waals surface area contributed by atoms with Crippen molar-refractivity contribution in [1.82, 2.24) is 25.0 Å². The van der Waals surface area contributed by atoms with Gasteiger partial charge in [-0.2, -0.15) is 5.10 Å². The third-order valence-electron chi connectivity index (χ3n) is 4.54. The van der Waals surface area contributed by atoms with Crippen molar-refractivity contribution in [3.8, 4) is 11.4 Å². The summed E-state index contributed by atoms with van der Waals surface area (Å²) in [7, 11) is 0. The molecule has 1 aliphatic rings. The molecule has 2 amide bonds. The molecule has 1 saturated heterocycles. The Kier molecular flexibility index (Phi) is 5.85. The van der Waals surface area contributed by atoms with E-state index in [1.54, 1.807) is 24.0 Å². The first-order chi connectivity index (χ1) is 13.0. The Hall–Kier alpha value is -2.74. The average Bonchev–Trinajstić information content (AvgIpc) is 3.16. The number of morpholine rings is 1. The number of carbonyl (C=O) groups excluding carboxylic acids is 2. The van der Waals surface area contributed by atoms with E-state index in [0.29, 0.717) is 31.8 Å². The van der Waals surface area contributed by atoms with Crippen LogP contribution in [0.25, 0.3) is 11.4 Å². The second kappa shape index (κ2) is 8.30. The topological polar surface area (TPSA) is 89.3 Å². The molecule has 0 bridgehead atoms. The quantitative estimate of drug-likeness (QED) is 0.860. The zero-order valence-electron chi connectivity index (χ0n) is 15.9. The van der Waals surface area contributed by atoms with Crippen LogP contribution in [0.4, 0.5) is 0 Å². The summed E-state index contributed by atoms with van der Waals surface area (Å²) in [5.74, 6) is 0.631. The number of amides is 2. The molecule has 3 rings (SSSR count). The van der Waals surface area contributed by atoms with Crippen molar-refractivity contribution in [3.05, 3.63) is 36.2 Å². The first-order valence-corrected chi connectivity index (χ1v) is 9.11. The Morgan fingerprint density at radius 2 is 2.04 bits per heavy atom. The number of benzene rings is 1. The molecule has 1 unspecified atom stereocenters. The van der Waals surface area contributed by atoms with Crippen molar-refractivity contribution in [1.29, 1.82) is 0 Å². The van der Waals surface area contributed by atoms with Crippen LogP contribution in [-0.4, -0.2) is 63.8 Å². The second-order valence-corrected chi connectivity index (χ2v) is 6.87. The fraction of sp³-hybridized carbons (Fsp3) is 0.474. The van der Waals surface area contributed by atoms with Crippen LogP contribution in [0.1, 0.15) is 37.2 Å². The van der Waals surface area contributed by atoms with Gasteiger partial charge in [-0.3, -0.25) is 9.59 Å². The third-order valence-corrected chi connectivity index (χ3v) is 4.54. The third kappa shape index (κ3) is 4.51. The lowest BCUT2D eigenvalue weighted by molar-refractivity contribution is -0.136. The summed E-state index contributed by atoms with van der Waals surface area (Å²) in [5, 5.41) is 7.11. The van der Waals surface area contributed by atoms with Crippen LogP contribution in [0.5, 0.6) is 0 Å². The summed E-state index contributed by atoms with van der Waals surface area (Å²) in [6.07, 6.45) is 1.35. The highest BCUT2D eigenvalue weighted by Crippen LogP contribution is 2.20. The van der Waals surface area contributed by atoms with Crippen molar-refractivity contribution >= 4 is 11.8 Å². The van der Waals surface area contributed by atoms with Gasteiger partial charge in [0, 0.05) is 43.7 Å². The number of hydrogen-bond acceptors (Lipinski definition) is 5. The molecule has 2 heterocycles. The van der Waals surface area contributed by atoms with Gasteiger partial charge in [-0.25, -0.2) is 9.67 Å². The van der Waals surface area contributed by atoms with E-state index in [2.05, 4.69) is 15.4 Å². The number of ether oxygens (including phenoxy) is 1. The normalized spacial score (nSPS) is 17.2. The number of carbonyl (C=O) groups is 2. The SMILES string of the molecule is CC(=O)N1CCOC(CNC(=O)c2ccc(-c3ncnn3C(C)C)cc2)C1. The molecule has 0 saturated carbocycles. The van der Waals surface area contributed by atoms with E-state index in [1.807, 2.05) is 30.7 Å². The number of rotatable bonds is 5. The van der Waals surface area contributed by atoms with Crippen LogP contribution in [0, 0.1) is 0 Å². The molecule has 144 valence electrons. The summed E-state index contributed by atoms with van der Waals surface area (Å²) in [4.78, 5) is 29.9. The molecule has 2 aromatic rings. The molecule has 0 aliphatic carbocycles. The molecule has 8 nitrogen and oxygen atoms in total. The Morgan fingerprint density at radius 3 is 2.70 bits per heavy atom. The minimum Gasteiger partial charge on any atom is -0.373 e. The van der Waals surface area contributed by atoms with Crippen LogP contribution in [0.3, 0.4) is 0 Å². The Morgan fingerprint density at radius 1 is 1.30 bits per heavy atom. The maximum absolute atomic E-state index is 12.4. The average molecular weight is 371 g/mol. The van der Waals surface area contributed by atoms with Crippen molar-refractivity contribution in [2.45, 2.75) is 32.9 Å². The zero-order chi connectivity index (χ0) is 19.4. The van der Waals surface area contributed by atoms with Gasteiger partial charge in [-0.1, -0.05) is 12.1 Å². The molecule has 1 aliphatic heterocycles. The van der Waals surface area contributed by atoms with Crippen LogP contribution in [0.15, 0.2) is 30.6 Å². The summed E-state index contributed by atoms with van der Waals surface area (Å²) in [6, 6.07) is 7.48. The lowest BCUT2D eigenvalue weighted by atomic mass is 10.1. The summed E-state index contributed by atoms with van der Waals surface area (Å²) in [5.41, 5.74) is 1.47. The van der Waals surface area contributed by atoms with Gasteiger partial charge in [0.05, 0.1) is 12.7 Å². The Labute approximate surface area is 158 Å². The number of hydrogen-bond donors (Lipinski definition) is 1. The molecule has 1 aromatic heterocycles. The predicted molar refractivity (Wildman–Crippen MR) is 100 cm³/mol. The van der Waals surface area contributed by atoms with E-state index < -0.39 is 0 Å². The fourth-order valence-electron chi connectivity index (χ4n) is 3.04. The van der Waals surface area contributed by atoms with Crippen molar-refractivity contribution in [2.75, 3.05) is 26.2 Å². The minimum absolute atomic E-state index is 0.0273. The van der Waals surface area contributed by atoms with E-state index in [4.69, 9.17) is 4.74 Å². The van der Waals surface area contributed by atoms with Gasteiger partial charge >= 0.3 is 0 Å². The highest BCUT2D eigenvalue weighted by Gasteiger charge is 2.22. The smallest absolute Gasteiger partial charge is 0.251 e. The lowest BCUT2D eigenvalue weighted by Crippen LogP contribution is -2.49. The van der Waals surface area contributed by atoms with Crippen LogP contribution < -0.4 is 5.32 Å². The van der Waals surface area contributed by atoms with E-state index in [1.165, 1.54) is 6.33 Å². The molecule has 0 spiro atoms. The second-order valence-electron chi connectivity index (χ2n) is 6.87. The van der Waals surface area contributed by atoms with Crippen LogP contribution >= 0.6 is 0 Å². The van der Waals surface area contributed by atoms with Gasteiger partial charge in [0.1, 0.15) is 6.33 Å². The first-order valence-electron chi connectivity index (χ1n) is 9.11. The Balaban J connectivity index is 1.59. The van der Waals surface area contributed by atoms with Crippen LogP contribution in [-0.2, 0) is 9.53 Å². The van der Waals surface area contributed by atoms with Crippen LogP contribution in [0.2, 0.25) is 0 Å². The van der Waals surface area contributed by atoms with Gasteiger partial charge in [-0.15, -0.1) is 0 Å². The maximum Gasteiger partial charge on any atom is 0.251 e. The van der Waals surface area contributed by atoms with Gasteiger partial charge in [0.15, 0.2) is 5.82 Å². The molecule has 1 aromatic carbocycles. The van der Waals surface area contributed by atoms with Gasteiger partial charge in [0.2, 0.25) is 5.91 Å². The molecular weight excluding hydrogens is 346 g/mol. The molecule has 8 heteroatoms. The Bertz CT molecular complexity index is 800. The molecular formula is C19H25N5O3. The minimum atomic E-state index is -0.185. The fourth-order valence-corrected chi connectivity index (χ4v) is 3.04. The van der Waals surface area contributed by atoms with E-state index >= 15 is 0 Å². The predicted octanol–water partition coefficient (Wildman–Crippen LogP) is 1.50. The van der Waals surface area contributed by atoms with Crippen molar-refractivity contribution in [3.63, 3.8) is 0 Å². The van der Waals surface area contributed by atoms with E-state index in [9.17, 15) is 9.59 Å². The molecule has 1 N–H and O–H groups in total. The monoisotopic (exact) mass is 371 g/mol. The number of nitrogens with zero attached hydrogens (tertiary/aromatic N) is 4. The highest BCUT2D eigenvalue weighted by molar-refractivity contribution is 5.94. The van der Waals surface area contributed by atoms with Gasteiger partial charge in [-0.05, 0) is 26.0 Å². The molecule has 27 heavy (non-hydrogen) atoms. The summed E-state index contributed by atoms with van der Waals surface area (Å²) >= 11 is 0. The molecule has 1 atom stereocenters. The van der Waals surface area contributed by atoms with E-state index in [0.717, 1.165) is 11.4 Å². The van der Waals surface area contributed by atoms with E-state index in [-0.39, 0.29) is 24.0 Å².